The average Bonchev–Trinajstić information content (AvgIpc) is 3.11. The van der Waals surface area contributed by atoms with Crippen LogP contribution in [-0.4, -0.2) is 37.2 Å². The van der Waals surface area contributed by atoms with Crippen molar-refractivity contribution in [2.24, 2.45) is 0 Å². The zero-order valence-corrected chi connectivity index (χ0v) is 33.7. The molecule has 6 heteroatoms. The van der Waals surface area contributed by atoms with Gasteiger partial charge in [-0.25, -0.2) is 0 Å². The van der Waals surface area contributed by atoms with Crippen molar-refractivity contribution in [2.75, 3.05) is 13.2 Å². The molecule has 0 aromatic heterocycles. The van der Waals surface area contributed by atoms with Crippen LogP contribution in [0.3, 0.4) is 0 Å². The molecule has 6 nitrogen and oxygen atoms in total. The molecule has 50 heavy (non-hydrogen) atoms. The van der Waals surface area contributed by atoms with Crippen LogP contribution >= 0.6 is 0 Å². The Morgan fingerprint density at radius 3 is 0.800 bits per heavy atom. The van der Waals surface area contributed by atoms with Gasteiger partial charge in [-0.05, 0) is 19.3 Å². The third-order valence-corrected chi connectivity index (χ3v) is 9.86. The maximum atomic E-state index is 12.4. The Labute approximate surface area is 310 Å². The lowest BCUT2D eigenvalue weighted by molar-refractivity contribution is -0.167. The van der Waals surface area contributed by atoms with Crippen molar-refractivity contribution >= 4 is 17.9 Å². The van der Waals surface area contributed by atoms with E-state index < -0.39 is 6.10 Å². The highest BCUT2D eigenvalue weighted by Crippen LogP contribution is 2.16. The highest BCUT2D eigenvalue weighted by atomic mass is 16.6. The summed E-state index contributed by atoms with van der Waals surface area (Å²) in [5, 5.41) is 0. The van der Waals surface area contributed by atoms with Gasteiger partial charge in [0.05, 0.1) is 0 Å². The minimum Gasteiger partial charge on any atom is -0.462 e. The minimum absolute atomic E-state index is 0.0660. The van der Waals surface area contributed by atoms with Gasteiger partial charge in [0, 0.05) is 19.3 Å². The molecular formula is C44H84O6. The molecule has 0 fully saturated rings. The van der Waals surface area contributed by atoms with Crippen molar-refractivity contribution < 1.29 is 28.6 Å². The lowest BCUT2D eigenvalue weighted by Crippen LogP contribution is -2.30. The molecule has 1 atom stereocenters. The Hall–Kier alpha value is -1.59. The van der Waals surface area contributed by atoms with Gasteiger partial charge in [-0.1, -0.05) is 207 Å². The van der Waals surface area contributed by atoms with E-state index in [2.05, 4.69) is 20.8 Å². The number of esters is 3. The SMILES string of the molecule is CCCCCCCCCCCCCCCCCCCCCCCCC(=O)OCC(COC(=O)CCCCCCC)OC(=O)CCCCCCC. The molecule has 296 valence electrons. The molecule has 0 aliphatic heterocycles. The summed E-state index contributed by atoms with van der Waals surface area (Å²) < 4.78 is 16.4. The van der Waals surface area contributed by atoms with Crippen molar-refractivity contribution in [3.63, 3.8) is 0 Å². The molecule has 0 aromatic rings. The largest absolute Gasteiger partial charge is 0.462 e. The molecule has 0 amide bonds. The number of carbonyl (C=O) groups excluding carboxylic acids is 3. The molecule has 0 heterocycles. The van der Waals surface area contributed by atoms with Crippen LogP contribution in [0.4, 0.5) is 0 Å². The van der Waals surface area contributed by atoms with Crippen LogP contribution in [0.2, 0.25) is 0 Å². The summed E-state index contributed by atoms with van der Waals surface area (Å²) in [6.45, 7) is 6.48. The molecule has 0 saturated heterocycles. The quantitative estimate of drug-likeness (QED) is 0.0358. The fourth-order valence-corrected chi connectivity index (χ4v) is 6.50. The fraction of sp³-hybridized carbons (Fsp3) is 0.932. The summed E-state index contributed by atoms with van der Waals surface area (Å²) in [7, 11) is 0. The highest BCUT2D eigenvalue weighted by Gasteiger charge is 2.19. The topological polar surface area (TPSA) is 78.9 Å². The molecule has 0 bridgehead atoms. The Bertz CT molecular complexity index is 738. The van der Waals surface area contributed by atoms with Crippen molar-refractivity contribution in [2.45, 2.75) is 252 Å². The van der Waals surface area contributed by atoms with Gasteiger partial charge in [0.2, 0.25) is 0 Å². The lowest BCUT2D eigenvalue weighted by Gasteiger charge is -2.18. The molecule has 0 saturated carbocycles. The molecule has 0 rings (SSSR count). The predicted molar refractivity (Wildman–Crippen MR) is 210 cm³/mol. The lowest BCUT2D eigenvalue weighted by atomic mass is 10.0. The summed E-state index contributed by atoms with van der Waals surface area (Å²) in [5.74, 6) is -0.887. The maximum Gasteiger partial charge on any atom is 0.306 e. The first-order valence-electron chi connectivity index (χ1n) is 22.0. The normalized spacial score (nSPS) is 11.8. The predicted octanol–water partition coefficient (Wildman–Crippen LogP) is 13.7. The van der Waals surface area contributed by atoms with E-state index in [0.717, 1.165) is 70.6 Å². The zero-order chi connectivity index (χ0) is 36.6. The van der Waals surface area contributed by atoms with Crippen LogP contribution in [0.1, 0.15) is 245 Å². The standard InChI is InChI=1S/C44H84O6/c1-4-7-10-13-14-15-16-17-18-19-20-21-22-23-24-25-26-27-28-29-32-34-37-43(46)49-40-41(50-44(47)38-35-31-12-9-6-3)39-48-42(45)36-33-30-11-8-5-2/h41H,4-40H2,1-3H3. The highest BCUT2D eigenvalue weighted by molar-refractivity contribution is 5.71. The summed E-state index contributed by atoms with van der Waals surface area (Å²) in [6, 6.07) is 0. The van der Waals surface area contributed by atoms with Gasteiger partial charge in [0.1, 0.15) is 13.2 Å². The fourth-order valence-electron chi connectivity index (χ4n) is 6.50. The summed E-state index contributed by atoms with van der Waals surface area (Å²) in [6.07, 6.45) is 40.2. The number of hydrogen-bond acceptors (Lipinski definition) is 6. The Kier molecular flexibility index (Phi) is 38.9. The maximum absolute atomic E-state index is 12.4. The number of ether oxygens (including phenoxy) is 3. The second-order valence-corrected chi connectivity index (χ2v) is 15.0. The van der Waals surface area contributed by atoms with Crippen LogP contribution in [-0.2, 0) is 28.6 Å². The van der Waals surface area contributed by atoms with Crippen LogP contribution in [0.25, 0.3) is 0 Å². The monoisotopic (exact) mass is 709 g/mol. The van der Waals surface area contributed by atoms with Crippen molar-refractivity contribution in [1.29, 1.82) is 0 Å². The van der Waals surface area contributed by atoms with Gasteiger partial charge < -0.3 is 14.2 Å². The van der Waals surface area contributed by atoms with Crippen molar-refractivity contribution in [3.8, 4) is 0 Å². The molecular weight excluding hydrogens is 624 g/mol. The number of unbranched alkanes of at least 4 members (excludes halogenated alkanes) is 29. The Balaban J connectivity index is 3.88. The molecule has 1 unspecified atom stereocenters. The van der Waals surface area contributed by atoms with E-state index in [4.69, 9.17) is 14.2 Å². The molecule has 0 aliphatic carbocycles. The first kappa shape index (κ1) is 48.4. The van der Waals surface area contributed by atoms with E-state index >= 15 is 0 Å². The molecule has 0 radical (unpaired) electrons. The third-order valence-electron chi connectivity index (χ3n) is 9.86. The molecule has 0 aromatic carbocycles. The third kappa shape index (κ3) is 37.7. The number of carbonyl (C=O) groups is 3. The number of hydrogen-bond donors (Lipinski definition) is 0. The Morgan fingerprint density at radius 1 is 0.320 bits per heavy atom. The first-order chi connectivity index (χ1) is 24.5. The Morgan fingerprint density at radius 2 is 0.540 bits per heavy atom. The van der Waals surface area contributed by atoms with E-state index in [0.29, 0.717) is 19.3 Å². The van der Waals surface area contributed by atoms with Crippen LogP contribution in [0, 0.1) is 0 Å². The van der Waals surface area contributed by atoms with Gasteiger partial charge in [-0.3, -0.25) is 14.4 Å². The number of rotatable bonds is 40. The smallest absolute Gasteiger partial charge is 0.306 e. The molecule has 0 aliphatic rings. The van der Waals surface area contributed by atoms with E-state index in [1.807, 2.05) is 0 Å². The zero-order valence-electron chi connectivity index (χ0n) is 33.7. The summed E-state index contributed by atoms with van der Waals surface area (Å²) in [5.41, 5.74) is 0. The van der Waals surface area contributed by atoms with Crippen LogP contribution < -0.4 is 0 Å². The van der Waals surface area contributed by atoms with Gasteiger partial charge in [0.25, 0.3) is 0 Å². The van der Waals surface area contributed by atoms with Gasteiger partial charge >= 0.3 is 17.9 Å². The van der Waals surface area contributed by atoms with E-state index in [1.165, 1.54) is 135 Å². The molecule has 0 N–H and O–H groups in total. The van der Waals surface area contributed by atoms with E-state index in [1.54, 1.807) is 0 Å². The van der Waals surface area contributed by atoms with Gasteiger partial charge in [0.15, 0.2) is 6.10 Å². The van der Waals surface area contributed by atoms with E-state index in [9.17, 15) is 14.4 Å². The van der Waals surface area contributed by atoms with Gasteiger partial charge in [-0.15, -0.1) is 0 Å². The van der Waals surface area contributed by atoms with Gasteiger partial charge in [-0.2, -0.15) is 0 Å². The second-order valence-electron chi connectivity index (χ2n) is 15.0. The molecule has 0 spiro atoms. The summed E-state index contributed by atoms with van der Waals surface area (Å²) in [4.78, 5) is 37.1. The minimum atomic E-state index is -0.754. The van der Waals surface area contributed by atoms with Crippen molar-refractivity contribution in [1.82, 2.24) is 0 Å². The van der Waals surface area contributed by atoms with E-state index in [-0.39, 0.29) is 31.1 Å². The second kappa shape index (κ2) is 40.2. The average molecular weight is 709 g/mol. The van der Waals surface area contributed by atoms with Crippen LogP contribution in [0.15, 0.2) is 0 Å². The first-order valence-corrected chi connectivity index (χ1v) is 22.0. The van der Waals surface area contributed by atoms with Crippen LogP contribution in [0.5, 0.6) is 0 Å². The summed E-state index contributed by atoms with van der Waals surface area (Å²) >= 11 is 0. The van der Waals surface area contributed by atoms with Crippen molar-refractivity contribution in [3.05, 3.63) is 0 Å².